The van der Waals surface area contributed by atoms with Crippen molar-refractivity contribution in [2.24, 2.45) is 0 Å². The SMILES string of the molecule is COc1ncnc(OC)c1CNC1CCCc2occc21. The highest BCUT2D eigenvalue weighted by atomic mass is 16.5. The van der Waals surface area contributed by atoms with E-state index in [1.165, 1.54) is 11.9 Å². The molecule has 2 aromatic heterocycles. The molecule has 21 heavy (non-hydrogen) atoms. The van der Waals surface area contributed by atoms with Crippen molar-refractivity contribution in [2.45, 2.75) is 31.8 Å². The molecule has 1 N–H and O–H groups in total. The Balaban J connectivity index is 1.77. The van der Waals surface area contributed by atoms with E-state index in [4.69, 9.17) is 13.9 Å². The van der Waals surface area contributed by atoms with E-state index in [2.05, 4.69) is 15.3 Å². The molecule has 0 spiro atoms. The summed E-state index contributed by atoms with van der Waals surface area (Å²) in [4.78, 5) is 8.26. The molecule has 1 unspecified atom stereocenters. The molecule has 112 valence electrons. The zero-order valence-electron chi connectivity index (χ0n) is 12.3. The van der Waals surface area contributed by atoms with Gasteiger partial charge in [0.25, 0.3) is 0 Å². The standard InChI is InChI=1S/C15H19N3O3/c1-19-14-11(15(20-2)18-9-17-14)8-16-12-4-3-5-13-10(12)6-7-21-13/h6-7,9,12,16H,3-5,8H2,1-2H3. The van der Waals surface area contributed by atoms with Crippen molar-refractivity contribution in [3.05, 3.63) is 35.5 Å². The van der Waals surface area contributed by atoms with Crippen LogP contribution in [-0.2, 0) is 13.0 Å². The predicted molar refractivity (Wildman–Crippen MR) is 76.4 cm³/mol. The van der Waals surface area contributed by atoms with E-state index in [9.17, 15) is 0 Å². The number of hydrogen-bond acceptors (Lipinski definition) is 6. The van der Waals surface area contributed by atoms with Crippen LogP contribution in [0.2, 0.25) is 0 Å². The molecule has 1 aliphatic rings. The minimum atomic E-state index is 0.280. The fourth-order valence-corrected chi connectivity index (χ4v) is 2.81. The lowest BCUT2D eigenvalue weighted by atomic mass is 9.93. The van der Waals surface area contributed by atoms with Gasteiger partial charge in [-0.05, 0) is 18.9 Å². The molecule has 1 atom stereocenters. The first-order valence-corrected chi connectivity index (χ1v) is 7.05. The van der Waals surface area contributed by atoms with Crippen LogP contribution in [0.15, 0.2) is 23.1 Å². The first-order valence-electron chi connectivity index (χ1n) is 7.05. The highest BCUT2D eigenvalue weighted by Gasteiger charge is 2.23. The Kier molecular flexibility index (Phi) is 4.06. The maximum atomic E-state index is 5.51. The summed E-state index contributed by atoms with van der Waals surface area (Å²) in [5.41, 5.74) is 2.08. The lowest BCUT2D eigenvalue weighted by Gasteiger charge is -2.23. The second kappa shape index (κ2) is 6.13. The fraction of sp³-hybridized carbons (Fsp3) is 0.467. The summed E-state index contributed by atoms with van der Waals surface area (Å²) in [6, 6.07) is 2.32. The van der Waals surface area contributed by atoms with E-state index in [1.54, 1.807) is 20.5 Å². The number of fused-ring (bicyclic) bond motifs is 1. The Morgan fingerprint density at radius 3 is 2.76 bits per heavy atom. The van der Waals surface area contributed by atoms with Gasteiger partial charge in [0, 0.05) is 24.6 Å². The van der Waals surface area contributed by atoms with Gasteiger partial charge in [0.05, 0.1) is 26.0 Å². The number of nitrogens with zero attached hydrogens (tertiary/aromatic N) is 2. The zero-order valence-corrected chi connectivity index (χ0v) is 12.3. The average Bonchev–Trinajstić information content (AvgIpc) is 3.01. The Labute approximate surface area is 123 Å². The number of nitrogens with one attached hydrogen (secondary N) is 1. The smallest absolute Gasteiger partial charge is 0.224 e. The summed E-state index contributed by atoms with van der Waals surface area (Å²) < 4.78 is 16.1. The Morgan fingerprint density at radius 2 is 2.05 bits per heavy atom. The summed E-state index contributed by atoms with van der Waals surface area (Å²) in [7, 11) is 3.19. The molecule has 3 rings (SSSR count). The Morgan fingerprint density at radius 1 is 1.29 bits per heavy atom. The molecule has 0 radical (unpaired) electrons. The molecule has 0 saturated carbocycles. The normalized spacial score (nSPS) is 17.3. The maximum Gasteiger partial charge on any atom is 0.224 e. The molecule has 6 heteroatoms. The molecule has 0 saturated heterocycles. The van der Waals surface area contributed by atoms with Gasteiger partial charge in [-0.2, -0.15) is 0 Å². The Hall–Kier alpha value is -2.08. The van der Waals surface area contributed by atoms with Crippen LogP contribution in [0.4, 0.5) is 0 Å². The summed E-state index contributed by atoms with van der Waals surface area (Å²) in [5, 5.41) is 3.53. The number of furan rings is 1. The third-order valence-corrected chi connectivity index (χ3v) is 3.83. The van der Waals surface area contributed by atoms with Crippen molar-refractivity contribution in [1.29, 1.82) is 0 Å². The molecular weight excluding hydrogens is 270 g/mol. The van der Waals surface area contributed by atoms with Crippen LogP contribution in [0.25, 0.3) is 0 Å². The number of aryl methyl sites for hydroxylation is 1. The van der Waals surface area contributed by atoms with Crippen LogP contribution in [0, 0.1) is 0 Å². The van der Waals surface area contributed by atoms with Gasteiger partial charge in [0.15, 0.2) is 0 Å². The molecule has 1 aliphatic carbocycles. The summed E-state index contributed by atoms with van der Waals surface area (Å²) in [6.07, 6.45) is 6.43. The molecule has 2 heterocycles. The maximum absolute atomic E-state index is 5.51. The van der Waals surface area contributed by atoms with E-state index in [-0.39, 0.29) is 6.04 Å². The molecular formula is C15H19N3O3. The van der Waals surface area contributed by atoms with Crippen LogP contribution in [0.1, 0.15) is 35.8 Å². The van der Waals surface area contributed by atoms with Crippen molar-refractivity contribution < 1.29 is 13.9 Å². The van der Waals surface area contributed by atoms with E-state index >= 15 is 0 Å². The average molecular weight is 289 g/mol. The van der Waals surface area contributed by atoms with Crippen LogP contribution in [-0.4, -0.2) is 24.2 Å². The van der Waals surface area contributed by atoms with Crippen LogP contribution < -0.4 is 14.8 Å². The fourth-order valence-electron chi connectivity index (χ4n) is 2.81. The highest BCUT2D eigenvalue weighted by Crippen LogP contribution is 2.31. The number of methoxy groups -OCH3 is 2. The largest absolute Gasteiger partial charge is 0.481 e. The van der Waals surface area contributed by atoms with Gasteiger partial charge in [0.1, 0.15) is 12.1 Å². The van der Waals surface area contributed by atoms with Crippen molar-refractivity contribution in [3.8, 4) is 11.8 Å². The highest BCUT2D eigenvalue weighted by molar-refractivity contribution is 5.34. The van der Waals surface area contributed by atoms with Gasteiger partial charge in [-0.15, -0.1) is 0 Å². The number of rotatable bonds is 5. The van der Waals surface area contributed by atoms with Crippen LogP contribution in [0.5, 0.6) is 11.8 Å². The molecule has 0 fully saturated rings. The summed E-state index contributed by atoms with van der Waals surface area (Å²) >= 11 is 0. The van der Waals surface area contributed by atoms with Gasteiger partial charge < -0.3 is 19.2 Å². The lowest BCUT2D eigenvalue weighted by molar-refractivity contribution is 0.352. The summed E-state index contributed by atoms with van der Waals surface area (Å²) in [6.45, 7) is 0.586. The van der Waals surface area contributed by atoms with Crippen molar-refractivity contribution in [2.75, 3.05) is 14.2 Å². The van der Waals surface area contributed by atoms with Gasteiger partial charge in [-0.25, -0.2) is 9.97 Å². The first-order chi connectivity index (χ1) is 10.3. The van der Waals surface area contributed by atoms with Crippen molar-refractivity contribution in [3.63, 3.8) is 0 Å². The molecule has 0 aromatic carbocycles. The van der Waals surface area contributed by atoms with Gasteiger partial charge in [-0.3, -0.25) is 0 Å². The second-order valence-electron chi connectivity index (χ2n) is 5.00. The third-order valence-electron chi connectivity index (χ3n) is 3.83. The monoisotopic (exact) mass is 289 g/mol. The second-order valence-corrected chi connectivity index (χ2v) is 5.00. The molecule has 0 aliphatic heterocycles. The number of hydrogen-bond donors (Lipinski definition) is 1. The van der Waals surface area contributed by atoms with Crippen LogP contribution >= 0.6 is 0 Å². The van der Waals surface area contributed by atoms with E-state index < -0.39 is 0 Å². The van der Waals surface area contributed by atoms with E-state index in [1.807, 2.05) is 6.07 Å². The Bertz CT molecular complexity index is 590. The van der Waals surface area contributed by atoms with Gasteiger partial charge in [0.2, 0.25) is 11.8 Å². The lowest BCUT2D eigenvalue weighted by Crippen LogP contribution is -2.24. The predicted octanol–water partition coefficient (Wildman–Crippen LogP) is 2.25. The number of ether oxygens (including phenoxy) is 2. The number of aromatic nitrogens is 2. The van der Waals surface area contributed by atoms with Crippen LogP contribution in [0.3, 0.4) is 0 Å². The molecule has 0 bridgehead atoms. The van der Waals surface area contributed by atoms with Crippen molar-refractivity contribution in [1.82, 2.24) is 15.3 Å². The molecule has 0 amide bonds. The van der Waals surface area contributed by atoms with E-state index in [0.29, 0.717) is 18.3 Å². The minimum absolute atomic E-state index is 0.280. The molecule has 2 aromatic rings. The van der Waals surface area contributed by atoms with Crippen molar-refractivity contribution >= 4 is 0 Å². The third kappa shape index (κ3) is 2.71. The summed E-state index contributed by atoms with van der Waals surface area (Å²) in [5.74, 6) is 2.16. The van der Waals surface area contributed by atoms with Gasteiger partial charge in [-0.1, -0.05) is 0 Å². The van der Waals surface area contributed by atoms with E-state index in [0.717, 1.165) is 30.6 Å². The molecule has 6 nitrogen and oxygen atoms in total. The topological polar surface area (TPSA) is 69.4 Å². The zero-order chi connectivity index (χ0) is 14.7. The van der Waals surface area contributed by atoms with Gasteiger partial charge >= 0.3 is 0 Å². The first kappa shape index (κ1) is 13.9. The quantitative estimate of drug-likeness (QED) is 0.910. The minimum Gasteiger partial charge on any atom is -0.481 e.